The minimum absolute atomic E-state index is 0.305. The third-order valence-electron chi connectivity index (χ3n) is 6.42. The van der Waals surface area contributed by atoms with Gasteiger partial charge < -0.3 is 19.5 Å². The first-order valence-electron chi connectivity index (χ1n) is 12.1. The van der Waals surface area contributed by atoms with Crippen molar-refractivity contribution in [3.63, 3.8) is 0 Å². The second-order valence-electron chi connectivity index (χ2n) is 9.88. The van der Waals surface area contributed by atoms with Gasteiger partial charge >= 0.3 is 0 Å². The summed E-state index contributed by atoms with van der Waals surface area (Å²) in [6.07, 6.45) is 1.78. The molecule has 3 aromatic rings. The number of likely N-dealkylation sites (tertiary alicyclic amines) is 1. The number of hydrogen-bond donors (Lipinski definition) is 1. The second kappa shape index (κ2) is 10.5. The summed E-state index contributed by atoms with van der Waals surface area (Å²) < 4.78 is 17.4. The zero-order valence-electron chi connectivity index (χ0n) is 22.3. The number of anilines is 1. The van der Waals surface area contributed by atoms with E-state index in [2.05, 4.69) is 21.2 Å². The Morgan fingerprint density at radius 2 is 1.45 bits per heavy atom. The predicted octanol–water partition coefficient (Wildman–Crippen LogP) is 6.03. The first-order valence-corrected chi connectivity index (χ1v) is 12.9. The quantitative estimate of drug-likeness (QED) is 0.272. The molecule has 1 saturated heterocycles. The largest absolute Gasteiger partial charge is 0.493 e. The van der Waals surface area contributed by atoms with Gasteiger partial charge in [-0.25, -0.2) is 0 Å². The first kappa shape index (κ1) is 27.3. The van der Waals surface area contributed by atoms with E-state index < -0.39 is 11.1 Å². The van der Waals surface area contributed by atoms with Gasteiger partial charge in [0.05, 0.1) is 26.9 Å². The summed E-state index contributed by atoms with van der Waals surface area (Å²) in [5, 5.41) is 3.43. The molecule has 3 aromatic carbocycles. The van der Waals surface area contributed by atoms with Crippen LogP contribution in [0.15, 0.2) is 76.8 Å². The fourth-order valence-corrected chi connectivity index (χ4v) is 4.96. The Balaban J connectivity index is 2.04. The molecule has 198 valence electrons. The fraction of sp³-hybridized carbons (Fsp3) is 0.267. The highest BCUT2D eigenvalue weighted by Gasteiger charge is 2.59. The number of ether oxygens (including phenoxy) is 3. The first-order chi connectivity index (χ1) is 18.1. The standard InChI is InChI=1S/C30H31BrN2O5/c1-29(2,3)33-27(34)23(16-19-10-8-7-9-11-19)30(28(33)35,20-12-14-21(31)15-13-20)32-22-17-24(36-4)26(38-6)25(18-22)37-5/h7-18,32H,1-6H3. The molecule has 0 saturated carbocycles. The average Bonchev–Trinajstić information content (AvgIpc) is 3.10. The van der Waals surface area contributed by atoms with Crippen LogP contribution in [0.5, 0.6) is 17.2 Å². The van der Waals surface area contributed by atoms with Gasteiger partial charge in [0.15, 0.2) is 17.0 Å². The van der Waals surface area contributed by atoms with Crippen molar-refractivity contribution in [1.82, 2.24) is 4.90 Å². The van der Waals surface area contributed by atoms with Gasteiger partial charge in [-0.05, 0) is 50.1 Å². The summed E-state index contributed by atoms with van der Waals surface area (Å²) in [4.78, 5) is 29.9. The third-order valence-corrected chi connectivity index (χ3v) is 6.95. The van der Waals surface area contributed by atoms with Crippen LogP contribution in [0.3, 0.4) is 0 Å². The van der Waals surface area contributed by atoms with E-state index in [0.717, 1.165) is 10.0 Å². The van der Waals surface area contributed by atoms with Crippen molar-refractivity contribution >= 4 is 39.5 Å². The van der Waals surface area contributed by atoms with Crippen molar-refractivity contribution in [2.75, 3.05) is 26.6 Å². The summed E-state index contributed by atoms with van der Waals surface area (Å²) in [5.41, 5.74) is -0.0731. The van der Waals surface area contributed by atoms with E-state index in [1.54, 1.807) is 18.2 Å². The molecular weight excluding hydrogens is 548 g/mol. The van der Waals surface area contributed by atoms with Gasteiger partial charge in [0.1, 0.15) is 0 Å². The SMILES string of the molecule is COc1cc(NC2(c3ccc(Br)cc3)C(=O)N(C(C)(C)C)C(=O)C2=Cc2ccccc2)cc(OC)c1OC. The van der Waals surface area contributed by atoms with E-state index in [4.69, 9.17) is 14.2 Å². The van der Waals surface area contributed by atoms with Crippen molar-refractivity contribution in [3.8, 4) is 17.2 Å². The van der Waals surface area contributed by atoms with Crippen LogP contribution >= 0.6 is 15.9 Å². The van der Waals surface area contributed by atoms with Crippen LogP contribution in [0.1, 0.15) is 31.9 Å². The number of carbonyl (C=O) groups excluding carboxylic acids is 2. The van der Waals surface area contributed by atoms with Gasteiger partial charge in [-0.3, -0.25) is 14.5 Å². The Hall–Kier alpha value is -3.78. The highest BCUT2D eigenvalue weighted by Crippen LogP contribution is 2.47. The zero-order chi connectivity index (χ0) is 27.7. The molecule has 0 radical (unpaired) electrons. The third kappa shape index (κ3) is 4.76. The fourth-order valence-electron chi connectivity index (χ4n) is 4.69. The summed E-state index contributed by atoms with van der Waals surface area (Å²) in [6.45, 7) is 5.54. The van der Waals surface area contributed by atoms with Crippen LogP contribution in [-0.2, 0) is 15.1 Å². The molecular formula is C30H31BrN2O5. The molecule has 0 aromatic heterocycles. The lowest BCUT2D eigenvalue weighted by Gasteiger charge is -2.34. The van der Waals surface area contributed by atoms with Gasteiger partial charge in [0.2, 0.25) is 5.75 Å². The molecule has 1 N–H and O–H groups in total. The van der Waals surface area contributed by atoms with Crippen LogP contribution in [0, 0.1) is 0 Å². The molecule has 0 aliphatic carbocycles. The van der Waals surface area contributed by atoms with Gasteiger partial charge in [-0.1, -0.05) is 58.4 Å². The Bertz CT molecular complexity index is 1350. The number of carbonyl (C=O) groups is 2. The van der Waals surface area contributed by atoms with Crippen LogP contribution in [0.2, 0.25) is 0 Å². The van der Waals surface area contributed by atoms with Crippen molar-refractivity contribution < 1.29 is 23.8 Å². The van der Waals surface area contributed by atoms with Gasteiger partial charge in [-0.2, -0.15) is 0 Å². The molecule has 1 atom stereocenters. The maximum atomic E-state index is 14.5. The topological polar surface area (TPSA) is 77.1 Å². The van der Waals surface area contributed by atoms with Crippen LogP contribution in [0.25, 0.3) is 6.08 Å². The number of amides is 2. The minimum Gasteiger partial charge on any atom is -0.493 e. The smallest absolute Gasteiger partial charge is 0.265 e. The molecule has 2 amide bonds. The molecule has 0 spiro atoms. The summed E-state index contributed by atoms with van der Waals surface area (Å²) in [7, 11) is 4.58. The molecule has 38 heavy (non-hydrogen) atoms. The van der Waals surface area contributed by atoms with Crippen molar-refractivity contribution in [3.05, 3.63) is 87.9 Å². The number of methoxy groups -OCH3 is 3. The van der Waals surface area contributed by atoms with Gasteiger partial charge in [0, 0.05) is 27.8 Å². The Labute approximate surface area is 231 Å². The second-order valence-corrected chi connectivity index (χ2v) is 10.8. The highest BCUT2D eigenvalue weighted by atomic mass is 79.9. The van der Waals surface area contributed by atoms with E-state index in [1.807, 2.05) is 75.4 Å². The van der Waals surface area contributed by atoms with E-state index in [9.17, 15) is 9.59 Å². The van der Waals surface area contributed by atoms with Gasteiger partial charge in [-0.15, -0.1) is 0 Å². The number of benzene rings is 3. The maximum Gasteiger partial charge on any atom is 0.265 e. The predicted molar refractivity (Wildman–Crippen MR) is 152 cm³/mol. The number of imide groups is 1. The molecule has 1 unspecified atom stereocenters. The Morgan fingerprint density at radius 1 is 0.868 bits per heavy atom. The zero-order valence-corrected chi connectivity index (χ0v) is 23.9. The lowest BCUT2D eigenvalue weighted by molar-refractivity contribution is -0.144. The summed E-state index contributed by atoms with van der Waals surface area (Å²) in [5.74, 6) is 0.502. The maximum absolute atomic E-state index is 14.5. The lowest BCUT2D eigenvalue weighted by Crippen LogP contribution is -2.50. The lowest BCUT2D eigenvalue weighted by atomic mass is 9.82. The van der Waals surface area contributed by atoms with E-state index in [1.165, 1.54) is 26.2 Å². The number of halogens is 1. The molecule has 1 aliphatic heterocycles. The Kier molecular flexibility index (Phi) is 7.56. The summed E-state index contributed by atoms with van der Waals surface area (Å²) in [6, 6.07) is 20.3. The highest BCUT2D eigenvalue weighted by molar-refractivity contribution is 9.10. The molecule has 1 aliphatic rings. The molecule has 7 nitrogen and oxygen atoms in total. The molecule has 8 heteroatoms. The van der Waals surface area contributed by atoms with E-state index >= 15 is 0 Å². The van der Waals surface area contributed by atoms with Crippen molar-refractivity contribution in [1.29, 1.82) is 0 Å². The number of nitrogens with one attached hydrogen (secondary N) is 1. The van der Waals surface area contributed by atoms with E-state index in [-0.39, 0.29) is 11.8 Å². The molecule has 0 bridgehead atoms. The van der Waals surface area contributed by atoms with Crippen molar-refractivity contribution in [2.24, 2.45) is 0 Å². The number of rotatable bonds is 7. The van der Waals surface area contributed by atoms with Gasteiger partial charge in [0.25, 0.3) is 11.8 Å². The normalized spacial score (nSPS) is 18.6. The minimum atomic E-state index is -1.54. The van der Waals surface area contributed by atoms with Crippen LogP contribution < -0.4 is 19.5 Å². The number of nitrogens with zero attached hydrogens (tertiary/aromatic N) is 1. The Morgan fingerprint density at radius 3 is 1.95 bits per heavy atom. The molecule has 4 rings (SSSR count). The van der Waals surface area contributed by atoms with Crippen LogP contribution in [-0.4, -0.2) is 43.6 Å². The monoisotopic (exact) mass is 578 g/mol. The average molecular weight is 579 g/mol. The summed E-state index contributed by atoms with van der Waals surface area (Å²) >= 11 is 3.49. The van der Waals surface area contributed by atoms with E-state index in [0.29, 0.717) is 34.1 Å². The van der Waals surface area contributed by atoms with Crippen molar-refractivity contribution in [2.45, 2.75) is 31.8 Å². The van der Waals surface area contributed by atoms with Crippen LogP contribution in [0.4, 0.5) is 5.69 Å². The molecule has 1 fully saturated rings. The number of hydrogen-bond acceptors (Lipinski definition) is 6. The molecule has 1 heterocycles.